The Morgan fingerprint density at radius 2 is 2.00 bits per heavy atom. The van der Waals surface area contributed by atoms with Crippen molar-refractivity contribution in [2.75, 3.05) is 0 Å². The van der Waals surface area contributed by atoms with Gasteiger partial charge in [0.25, 0.3) is 0 Å². The van der Waals surface area contributed by atoms with Gasteiger partial charge in [0.1, 0.15) is 5.82 Å². The molecule has 0 unspecified atom stereocenters. The van der Waals surface area contributed by atoms with E-state index in [4.69, 9.17) is 5.73 Å². The van der Waals surface area contributed by atoms with Crippen LogP contribution in [0.1, 0.15) is 19.7 Å². The van der Waals surface area contributed by atoms with Crippen LogP contribution in [-0.4, -0.2) is 26.6 Å². The van der Waals surface area contributed by atoms with Gasteiger partial charge in [0.15, 0.2) is 5.82 Å². The number of nitrogens with two attached hydrogens (primary N) is 1. The number of carbonyl (C=O) groups is 1. The molecule has 0 saturated carbocycles. The van der Waals surface area contributed by atoms with Gasteiger partial charge in [-0.3, -0.25) is 9.89 Å². The summed E-state index contributed by atoms with van der Waals surface area (Å²) in [6.07, 6.45) is 0. The van der Waals surface area contributed by atoms with Crippen molar-refractivity contribution in [3.63, 3.8) is 0 Å². The van der Waals surface area contributed by atoms with Crippen molar-refractivity contribution in [1.29, 1.82) is 0 Å². The number of nitrogens with zero attached hydrogens (tertiary/aromatic N) is 2. The van der Waals surface area contributed by atoms with Gasteiger partial charge in [-0.15, -0.1) is 12.4 Å². The second kappa shape index (κ2) is 7.02. The van der Waals surface area contributed by atoms with Crippen LogP contribution < -0.4 is 11.1 Å². The van der Waals surface area contributed by atoms with Gasteiger partial charge in [0.05, 0.1) is 12.1 Å². The van der Waals surface area contributed by atoms with E-state index < -0.39 is 5.54 Å². The van der Waals surface area contributed by atoms with E-state index in [0.717, 1.165) is 10.0 Å². The van der Waals surface area contributed by atoms with Crippen molar-refractivity contribution >= 4 is 34.2 Å². The van der Waals surface area contributed by atoms with Crippen molar-refractivity contribution in [3.8, 4) is 11.4 Å². The monoisotopic (exact) mass is 373 g/mol. The summed E-state index contributed by atoms with van der Waals surface area (Å²) in [5.41, 5.74) is 5.69. The van der Waals surface area contributed by atoms with Crippen LogP contribution in [0, 0.1) is 0 Å². The summed E-state index contributed by atoms with van der Waals surface area (Å²) < 4.78 is 0.995. The second-order valence-electron chi connectivity index (χ2n) is 5.02. The first-order valence-corrected chi connectivity index (χ1v) is 6.90. The Balaban J connectivity index is 0.00000220. The molecule has 2 rings (SSSR count). The molecule has 0 fully saturated rings. The molecule has 0 spiro atoms. The highest BCUT2D eigenvalue weighted by Crippen LogP contribution is 2.18. The van der Waals surface area contributed by atoms with Crippen LogP contribution in [0.5, 0.6) is 0 Å². The highest BCUT2D eigenvalue weighted by molar-refractivity contribution is 9.10. The minimum Gasteiger partial charge on any atom is -0.347 e. The smallest absolute Gasteiger partial charge is 0.239 e. The maximum absolute atomic E-state index is 11.6. The van der Waals surface area contributed by atoms with E-state index in [2.05, 4.69) is 36.4 Å². The lowest BCUT2D eigenvalue weighted by Crippen LogP contribution is -2.48. The molecule has 1 aromatic heterocycles. The Morgan fingerprint density at radius 3 is 2.57 bits per heavy atom. The number of hydrogen-bond donors (Lipinski definition) is 3. The Labute approximate surface area is 137 Å². The first-order chi connectivity index (χ1) is 9.36. The van der Waals surface area contributed by atoms with Crippen LogP contribution in [0.25, 0.3) is 11.4 Å². The van der Waals surface area contributed by atoms with Crippen molar-refractivity contribution in [1.82, 2.24) is 20.5 Å². The zero-order valence-corrected chi connectivity index (χ0v) is 14.1. The van der Waals surface area contributed by atoms with Gasteiger partial charge in [-0.1, -0.05) is 28.1 Å². The molecule has 6 nitrogen and oxygen atoms in total. The van der Waals surface area contributed by atoms with E-state index in [1.54, 1.807) is 13.8 Å². The minimum atomic E-state index is -0.908. The Hall–Kier alpha value is -1.44. The van der Waals surface area contributed by atoms with E-state index in [1.165, 1.54) is 0 Å². The van der Waals surface area contributed by atoms with E-state index in [-0.39, 0.29) is 24.9 Å². The summed E-state index contributed by atoms with van der Waals surface area (Å²) in [5.74, 6) is 0.938. The van der Waals surface area contributed by atoms with Crippen LogP contribution in [0.2, 0.25) is 0 Å². The molecule has 0 aliphatic rings. The lowest BCUT2D eigenvalue weighted by Gasteiger charge is -2.16. The van der Waals surface area contributed by atoms with Crippen molar-refractivity contribution < 1.29 is 4.79 Å². The average Bonchev–Trinajstić information content (AvgIpc) is 2.84. The van der Waals surface area contributed by atoms with E-state index in [1.807, 2.05) is 24.3 Å². The number of aromatic amines is 1. The molecule has 2 aromatic rings. The van der Waals surface area contributed by atoms with Crippen molar-refractivity contribution in [2.24, 2.45) is 5.73 Å². The molecule has 0 radical (unpaired) electrons. The summed E-state index contributed by atoms with van der Waals surface area (Å²) in [6.45, 7) is 3.56. The molecule has 0 bridgehead atoms. The first kappa shape index (κ1) is 17.6. The van der Waals surface area contributed by atoms with Crippen molar-refractivity contribution in [2.45, 2.75) is 25.9 Å². The quantitative estimate of drug-likeness (QED) is 0.762. The van der Waals surface area contributed by atoms with E-state index >= 15 is 0 Å². The molecule has 0 atom stereocenters. The molecule has 1 heterocycles. The number of halogens is 2. The number of benzene rings is 1. The summed E-state index contributed by atoms with van der Waals surface area (Å²) in [5, 5.41) is 9.63. The van der Waals surface area contributed by atoms with Gasteiger partial charge >= 0.3 is 0 Å². The zero-order valence-electron chi connectivity index (χ0n) is 11.7. The second-order valence-corrected chi connectivity index (χ2v) is 5.93. The minimum absolute atomic E-state index is 0. The molecule has 0 aliphatic heterocycles. The lowest BCUT2D eigenvalue weighted by molar-refractivity contribution is -0.125. The standard InChI is InChI=1S/C13H16BrN5O.ClH/c1-13(2,15)12(20)16-7-10-17-11(19-18-10)8-3-5-9(14)6-4-8;/h3-6H,7,15H2,1-2H3,(H,16,20)(H,17,18,19);1H. The van der Waals surface area contributed by atoms with Crippen LogP contribution >= 0.6 is 28.3 Å². The molecule has 8 heteroatoms. The fraction of sp³-hybridized carbons (Fsp3) is 0.308. The molecule has 4 N–H and O–H groups in total. The highest BCUT2D eigenvalue weighted by atomic mass is 79.9. The maximum atomic E-state index is 11.6. The van der Waals surface area contributed by atoms with Gasteiger partial charge in [0, 0.05) is 10.0 Å². The molecule has 0 saturated heterocycles. The SMILES string of the molecule is CC(C)(N)C(=O)NCc1nc(-c2ccc(Br)cc2)n[nH]1.Cl. The van der Waals surface area contributed by atoms with E-state index in [0.29, 0.717) is 11.6 Å². The molecular weight excluding hydrogens is 358 g/mol. The van der Waals surface area contributed by atoms with Crippen LogP contribution in [-0.2, 0) is 11.3 Å². The summed E-state index contributed by atoms with van der Waals surface area (Å²) in [4.78, 5) is 16.0. The number of rotatable bonds is 4. The lowest BCUT2D eigenvalue weighted by atomic mass is 10.1. The van der Waals surface area contributed by atoms with Gasteiger partial charge in [-0.25, -0.2) is 4.98 Å². The Bertz CT molecular complexity index is 606. The van der Waals surface area contributed by atoms with Crippen LogP contribution in [0.4, 0.5) is 0 Å². The largest absolute Gasteiger partial charge is 0.347 e. The molecule has 114 valence electrons. The van der Waals surface area contributed by atoms with Gasteiger partial charge < -0.3 is 11.1 Å². The fourth-order valence-electron chi connectivity index (χ4n) is 1.49. The fourth-order valence-corrected chi connectivity index (χ4v) is 1.76. The van der Waals surface area contributed by atoms with Gasteiger partial charge in [-0.2, -0.15) is 5.10 Å². The third-order valence-electron chi connectivity index (χ3n) is 2.64. The van der Waals surface area contributed by atoms with Crippen molar-refractivity contribution in [3.05, 3.63) is 34.6 Å². The van der Waals surface area contributed by atoms with Gasteiger partial charge in [-0.05, 0) is 26.0 Å². The third-order valence-corrected chi connectivity index (χ3v) is 3.16. The Kier molecular flexibility index (Phi) is 5.88. The number of amides is 1. The number of nitrogens with one attached hydrogen (secondary N) is 2. The highest BCUT2D eigenvalue weighted by Gasteiger charge is 2.21. The molecule has 21 heavy (non-hydrogen) atoms. The molecule has 1 aromatic carbocycles. The number of aromatic nitrogens is 3. The maximum Gasteiger partial charge on any atom is 0.239 e. The Morgan fingerprint density at radius 1 is 1.38 bits per heavy atom. The van der Waals surface area contributed by atoms with E-state index in [9.17, 15) is 4.79 Å². The molecule has 1 amide bonds. The third kappa shape index (κ3) is 4.80. The van der Waals surface area contributed by atoms with Gasteiger partial charge in [0.2, 0.25) is 5.91 Å². The summed E-state index contributed by atoms with van der Waals surface area (Å²) >= 11 is 3.37. The number of carbonyl (C=O) groups excluding carboxylic acids is 1. The normalized spacial score (nSPS) is 10.9. The topological polar surface area (TPSA) is 96.7 Å². The summed E-state index contributed by atoms with van der Waals surface area (Å²) in [7, 11) is 0. The number of H-pyrrole nitrogens is 1. The predicted molar refractivity (Wildman–Crippen MR) is 86.9 cm³/mol. The average molecular weight is 375 g/mol. The zero-order chi connectivity index (χ0) is 14.8. The predicted octanol–water partition coefficient (Wildman–Crippen LogP) is 2.01. The van der Waals surface area contributed by atoms with Crippen LogP contribution in [0.3, 0.4) is 0 Å². The van der Waals surface area contributed by atoms with Crippen LogP contribution in [0.15, 0.2) is 28.7 Å². The molecular formula is C13H17BrClN5O. The number of hydrogen-bond acceptors (Lipinski definition) is 4. The summed E-state index contributed by atoms with van der Waals surface area (Å²) in [6, 6.07) is 7.67. The first-order valence-electron chi connectivity index (χ1n) is 6.10. The molecule has 0 aliphatic carbocycles.